The predicted octanol–water partition coefficient (Wildman–Crippen LogP) is 2.43. The van der Waals surface area contributed by atoms with Crippen LogP contribution in [0, 0.1) is 5.92 Å². The first-order chi connectivity index (χ1) is 8.50. The van der Waals surface area contributed by atoms with Gasteiger partial charge in [0.25, 0.3) is 0 Å². The Hall–Kier alpha value is -2.36. The topological polar surface area (TPSA) is 74.6 Å². The van der Waals surface area contributed by atoms with E-state index >= 15 is 0 Å². The molecule has 0 fully saturated rings. The average molecular weight is 246 g/mol. The second-order valence-electron chi connectivity index (χ2n) is 3.83. The average Bonchev–Trinajstić information content (AvgIpc) is 2.34. The van der Waals surface area contributed by atoms with Gasteiger partial charge in [0.1, 0.15) is 0 Å². The fraction of sp³-hybridized carbons (Fsp3) is 0.143. The summed E-state index contributed by atoms with van der Waals surface area (Å²) in [4.78, 5) is 21.6. The molecule has 18 heavy (non-hydrogen) atoms. The molecule has 0 aliphatic heterocycles. The highest BCUT2D eigenvalue weighted by Gasteiger charge is 2.18. The van der Waals surface area contributed by atoms with Gasteiger partial charge in [0.15, 0.2) is 0 Å². The van der Waals surface area contributed by atoms with E-state index in [-0.39, 0.29) is 12.0 Å². The monoisotopic (exact) mass is 246 g/mol. The Morgan fingerprint density at radius 1 is 1.22 bits per heavy atom. The van der Waals surface area contributed by atoms with Gasteiger partial charge in [-0.25, -0.2) is 4.79 Å². The van der Waals surface area contributed by atoms with Crippen molar-refractivity contribution >= 4 is 18.0 Å². The van der Waals surface area contributed by atoms with E-state index in [1.807, 2.05) is 30.3 Å². The van der Waals surface area contributed by atoms with Crippen molar-refractivity contribution in [3.05, 3.63) is 54.1 Å². The number of hydrogen-bond donors (Lipinski definition) is 2. The van der Waals surface area contributed by atoms with Crippen LogP contribution in [0.1, 0.15) is 12.0 Å². The highest BCUT2D eigenvalue weighted by atomic mass is 16.4. The van der Waals surface area contributed by atoms with Gasteiger partial charge in [0, 0.05) is 5.57 Å². The van der Waals surface area contributed by atoms with Gasteiger partial charge in [-0.1, -0.05) is 49.1 Å². The van der Waals surface area contributed by atoms with Crippen molar-refractivity contribution in [3.8, 4) is 0 Å². The van der Waals surface area contributed by atoms with Crippen LogP contribution in [0.15, 0.2) is 48.6 Å². The molecule has 0 spiro atoms. The number of benzene rings is 1. The molecule has 4 nitrogen and oxygen atoms in total. The molecule has 0 saturated carbocycles. The van der Waals surface area contributed by atoms with Crippen molar-refractivity contribution in [1.82, 2.24) is 0 Å². The molecule has 1 rings (SSSR count). The van der Waals surface area contributed by atoms with Gasteiger partial charge in [-0.15, -0.1) is 0 Å². The number of rotatable bonds is 6. The molecule has 0 aromatic heterocycles. The van der Waals surface area contributed by atoms with Crippen LogP contribution < -0.4 is 0 Å². The van der Waals surface area contributed by atoms with Crippen LogP contribution >= 0.6 is 0 Å². The third-order valence-corrected chi connectivity index (χ3v) is 2.41. The van der Waals surface area contributed by atoms with Crippen molar-refractivity contribution in [2.45, 2.75) is 6.42 Å². The lowest BCUT2D eigenvalue weighted by Gasteiger charge is -2.07. The van der Waals surface area contributed by atoms with Gasteiger partial charge in [-0.2, -0.15) is 0 Å². The summed E-state index contributed by atoms with van der Waals surface area (Å²) in [5, 5.41) is 17.7. The SMILES string of the molecule is C=C(CC(C=Cc1ccccc1)C(=O)O)C(=O)O. The molecule has 0 aliphatic rings. The lowest BCUT2D eigenvalue weighted by atomic mass is 9.99. The number of carboxylic acid groups (broad SMARTS) is 2. The van der Waals surface area contributed by atoms with E-state index in [9.17, 15) is 9.59 Å². The summed E-state index contributed by atoms with van der Waals surface area (Å²) in [6, 6.07) is 9.21. The third-order valence-electron chi connectivity index (χ3n) is 2.41. The van der Waals surface area contributed by atoms with E-state index < -0.39 is 17.9 Å². The van der Waals surface area contributed by atoms with E-state index in [1.165, 1.54) is 6.08 Å². The molecule has 2 N–H and O–H groups in total. The largest absolute Gasteiger partial charge is 0.481 e. The van der Waals surface area contributed by atoms with Gasteiger partial charge >= 0.3 is 11.9 Å². The molecule has 0 heterocycles. The fourth-order valence-electron chi connectivity index (χ4n) is 1.38. The zero-order valence-corrected chi connectivity index (χ0v) is 9.74. The maximum Gasteiger partial charge on any atom is 0.330 e. The Kier molecular flexibility index (Phi) is 4.87. The lowest BCUT2D eigenvalue weighted by Crippen LogP contribution is -2.14. The number of carbonyl (C=O) groups is 2. The van der Waals surface area contributed by atoms with Crippen LogP contribution in [-0.2, 0) is 9.59 Å². The maximum atomic E-state index is 11.0. The Morgan fingerprint density at radius 3 is 2.33 bits per heavy atom. The Bertz CT molecular complexity index is 474. The minimum Gasteiger partial charge on any atom is -0.481 e. The summed E-state index contributed by atoms with van der Waals surface area (Å²) >= 11 is 0. The second-order valence-corrected chi connectivity index (χ2v) is 3.83. The predicted molar refractivity (Wildman–Crippen MR) is 68.0 cm³/mol. The van der Waals surface area contributed by atoms with Crippen molar-refractivity contribution < 1.29 is 19.8 Å². The van der Waals surface area contributed by atoms with Crippen LogP contribution in [-0.4, -0.2) is 22.2 Å². The van der Waals surface area contributed by atoms with E-state index in [0.717, 1.165) is 5.56 Å². The summed E-state index contributed by atoms with van der Waals surface area (Å²) in [7, 11) is 0. The van der Waals surface area contributed by atoms with E-state index in [1.54, 1.807) is 6.08 Å². The van der Waals surface area contributed by atoms with Crippen LogP contribution in [0.2, 0.25) is 0 Å². The number of hydrogen-bond acceptors (Lipinski definition) is 2. The minimum absolute atomic E-state index is 0.103. The van der Waals surface area contributed by atoms with Crippen molar-refractivity contribution in [2.24, 2.45) is 5.92 Å². The number of aliphatic carboxylic acids is 2. The molecule has 0 saturated heterocycles. The molecule has 1 aromatic carbocycles. The quantitative estimate of drug-likeness (QED) is 0.756. The molecule has 0 radical (unpaired) electrons. The summed E-state index contributed by atoms with van der Waals surface area (Å²) in [5.41, 5.74) is 0.754. The Balaban J connectivity index is 2.75. The van der Waals surface area contributed by atoms with Crippen LogP contribution in [0.3, 0.4) is 0 Å². The second kappa shape index (κ2) is 6.39. The summed E-state index contributed by atoms with van der Waals surface area (Å²) < 4.78 is 0. The van der Waals surface area contributed by atoms with Crippen LogP contribution in [0.4, 0.5) is 0 Å². The first-order valence-corrected chi connectivity index (χ1v) is 5.38. The molecular formula is C14H14O4. The first kappa shape index (κ1) is 13.7. The molecule has 4 heteroatoms. The third kappa shape index (κ3) is 4.25. The zero-order valence-electron chi connectivity index (χ0n) is 9.74. The summed E-state index contributed by atoms with van der Waals surface area (Å²) in [5.74, 6) is -3.12. The molecule has 1 aromatic rings. The van der Waals surface area contributed by atoms with Gasteiger partial charge < -0.3 is 10.2 Å². The van der Waals surface area contributed by atoms with Crippen LogP contribution in [0.5, 0.6) is 0 Å². The minimum atomic E-state index is -1.17. The molecule has 0 aliphatic carbocycles. The fourth-order valence-corrected chi connectivity index (χ4v) is 1.38. The van der Waals surface area contributed by atoms with E-state index in [2.05, 4.69) is 6.58 Å². The highest BCUT2D eigenvalue weighted by molar-refractivity contribution is 5.87. The van der Waals surface area contributed by atoms with Crippen molar-refractivity contribution in [3.63, 3.8) is 0 Å². The van der Waals surface area contributed by atoms with E-state index in [4.69, 9.17) is 10.2 Å². The molecule has 1 unspecified atom stereocenters. The van der Waals surface area contributed by atoms with Gasteiger partial charge in [0.2, 0.25) is 0 Å². The molecule has 0 amide bonds. The van der Waals surface area contributed by atoms with Crippen molar-refractivity contribution in [1.29, 1.82) is 0 Å². The summed E-state index contributed by atoms with van der Waals surface area (Å²) in [6.07, 6.45) is 3.04. The smallest absolute Gasteiger partial charge is 0.330 e. The molecular weight excluding hydrogens is 232 g/mol. The molecule has 1 atom stereocenters. The Morgan fingerprint density at radius 2 is 1.83 bits per heavy atom. The number of carboxylic acids is 2. The van der Waals surface area contributed by atoms with Crippen molar-refractivity contribution in [2.75, 3.05) is 0 Å². The van der Waals surface area contributed by atoms with Gasteiger partial charge in [-0.3, -0.25) is 4.79 Å². The highest BCUT2D eigenvalue weighted by Crippen LogP contribution is 2.14. The maximum absolute atomic E-state index is 11.0. The molecule has 94 valence electrons. The van der Waals surface area contributed by atoms with E-state index in [0.29, 0.717) is 0 Å². The lowest BCUT2D eigenvalue weighted by molar-refractivity contribution is -0.140. The van der Waals surface area contributed by atoms with Gasteiger partial charge in [-0.05, 0) is 12.0 Å². The van der Waals surface area contributed by atoms with Crippen LogP contribution in [0.25, 0.3) is 6.08 Å². The standard InChI is InChI=1S/C14H14O4/c1-10(13(15)16)9-12(14(17)18)8-7-11-5-3-2-4-6-11/h2-8,12H,1,9H2,(H,15,16)(H,17,18). The first-order valence-electron chi connectivity index (χ1n) is 5.38. The summed E-state index contributed by atoms with van der Waals surface area (Å²) in [6.45, 7) is 3.33. The normalized spacial score (nSPS) is 12.2. The zero-order chi connectivity index (χ0) is 13.5. The molecule has 0 bridgehead atoms. The van der Waals surface area contributed by atoms with Gasteiger partial charge in [0.05, 0.1) is 5.92 Å². The Labute approximate surface area is 105 Å².